The van der Waals surface area contributed by atoms with Crippen LogP contribution in [0.1, 0.15) is 12.5 Å². The van der Waals surface area contributed by atoms with E-state index < -0.39 is 0 Å². The molecule has 4 rings (SSSR count). The zero-order chi connectivity index (χ0) is 19.5. The maximum absolute atomic E-state index is 9.45. The zero-order valence-electron chi connectivity index (χ0n) is 16.1. The second-order valence-corrected chi connectivity index (χ2v) is 8.03. The maximum atomic E-state index is 9.45. The number of anilines is 1. The minimum Gasteiger partial charge on any atom is -1.00 e. The molecular formula is C23H22BrClN2OS. The molecule has 0 fully saturated rings. The molecule has 3 nitrogen and oxygen atoms in total. The van der Waals surface area contributed by atoms with Crippen LogP contribution in [0.3, 0.4) is 0 Å². The van der Waals surface area contributed by atoms with Gasteiger partial charge in [-0.05, 0) is 42.8 Å². The fraction of sp³-hybridized carbons (Fsp3) is 0.174. The van der Waals surface area contributed by atoms with Gasteiger partial charge in [0.1, 0.15) is 6.54 Å². The van der Waals surface area contributed by atoms with Crippen molar-refractivity contribution in [3.8, 4) is 0 Å². The van der Waals surface area contributed by atoms with Gasteiger partial charge in [0.15, 0.2) is 6.20 Å². The Morgan fingerprint density at radius 3 is 2.79 bits per heavy atom. The van der Waals surface area contributed by atoms with E-state index in [9.17, 15) is 5.11 Å². The van der Waals surface area contributed by atoms with E-state index in [1.807, 2.05) is 24.3 Å². The molecule has 1 N–H and O–H groups in total. The van der Waals surface area contributed by atoms with Crippen molar-refractivity contribution in [3.05, 3.63) is 82.5 Å². The van der Waals surface area contributed by atoms with Crippen LogP contribution in [-0.2, 0) is 6.54 Å². The summed E-state index contributed by atoms with van der Waals surface area (Å²) in [6.45, 7) is 3.74. The van der Waals surface area contributed by atoms with Gasteiger partial charge in [-0.15, -0.1) is 0 Å². The molecule has 1 aliphatic heterocycles. The number of hydrogen-bond acceptors (Lipinski definition) is 3. The van der Waals surface area contributed by atoms with E-state index in [4.69, 9.17) is 11.6 Å². The Bertz CT molecular complexity index is 1080. The van der Waals surface area contributed by atoms with Crippen molar-refractivity contribution in [1.29, 1.82) is 0 Å². The second-order valence-electron chi connectivity index (χ2n) is 6.53. The van der Waals surface area contributed by atoms with E-state index in [-0.39, 0.29) is 23.6 Å². The Hall–Kier alpha value is -1.79. The number of hydrogen-bond donors (Lipinski definition) is 1. The summed E-state index contributed by atoms with van der Waals surface area (Å²) in [6.07, 6.45) is 8.43. The molecule has 0 saturated heterocycles. The van der Waals surface area contributed by atoms with Crippen LogP contribution in [0.5, 0.6) is 0 Å². The summed E-state index contributed by atoms with van der Waals surface area (Å²) in [5.74, 6) is 0. The Morgan fingerprint density at radius 2 is 2.00 bits per heavy atom. The lowest BCUT2D eigenvalue weighted by molar-refractivity contribution is -0.667. The number of fused-ring (bicyclic) bond motifs is 2. The van der Waals surface area contributed by atoms with Crippen LogP contribution in [0.25, 0.3) is 17.0 Å². The van der Waals surface area contributed by atoms with Crippen LogP contribution in [0.2, 0.25) is 5.02 Å². The number of thioether (sulfide) groups is 1. The van der Waals surface area contributed by atoms with Crippen LogP contribution in [0.4, 0.5) is 5.69 Å². The predicted octanol–water partition coefficient (Wildman–Crippen LogP) is 2.26. The number of benzene rings is 2. The van der Waals surface area contributed by atoms with E-state index in [1.54, 1.807) is 11.8 Å². The molecule has 29 heavy (non-hydrogen) atoms. The first-order valence-corrected chi connectivity index (χ1v) is 10.6. The van der Waals surface area contributed by atoms with Gasteiger partial charge < -0.3 is 27.0 Å². The van der Waals surface area contributed by atoms with Crippen molar-refractivity contribution in [1.82, 2.24) is 0 Å². The Balaban J connectivity index is 0.00000240. The van der Waals surface area contributed by atoms with Crippen molar-refractivity contribution >= 4 is 46.0 Å². The highest BCUT2D eigenvalue weighted by Gasteiger charge is 2.23. The third kappa shape index (κ3) is 4.53. The standard InChI is InChI=1S/C23H22ClN2OS.BrH/c1-2-25-13-12-17(19-11-10-18(24)16-21(19)25)6-5-9-23-26(14-15-27)20-7-3-4-8-22(20)28-23;/h3-13,16,27H,2,14-15H2,1H3;1H/q+1;/p-1. The van der Waals surface area contributed by atoms with Crippen LogP contribution >= 0.6 is 23.4 Å². The van der Waals surface area contributed by atoms with Gasteiger partial charge in [-0.2, -0.15) is 4.57 Å². The molecule has 0 atom stereocenters. The number of aryl methyl sites for hydroxylation is 1. The molecule has 0 radical (unpaired) electrons. The van der Waals surface area contributed by atoms with Crippen LogP contribution in [-0.4, -0.2) is 18.3 Å². The minimum atomic E-state index is 0. The smallest absolute Gasteiger partial charge is 0.214 e. The molecular weight excluding hydrogens is 468 g/mol. The highest BCUT2D eigenvalue weighted by atomic mass is 79.9. The fourth-order valence-electron chi connectivity index (χ4n) is 3.49. The van der Waals surface area contributed by atoms with Crippen molar-refractivity contribution in [2.24, 2.45) is 0 Å². The minimum absolute atomic E-state index is 0. The molecule has 0 amide bonds. The van der Waals surface area contributed by atoms with Gasteiger partial charge >= 0.3 is 0 Å². The molecule has 6 heteroatoms. The van der Waals surface area contributed by atoms with Gasteiger partial charge in [-0.25, -0.2) is 0 Å². The Kier molecular flexibility index (Phi) is 7.41. The number of allylic oxidation sites excluding steroid dienone is 2. The summed E-state index contributed by atoms with van der Waals surface area (Å²) >= 11 is 7.94. The summed E-state index contributed by atoms with van der Waals surface area (Å²) in [7, 11) is 0. The molecule has 1 aromatic heterocycles. The quantitative estimate of drug-likeness (QED) is 0.557. The van der Waals surface area contributed by atoms with E-state index in [1.165, 1.54) is 10.3 Å². The lowest BCUT2D eigenvalue weighted by Crippen LogP contribution is -3.00. The lowest BCUT2D eigenvalue weighted by atomic mass is 10.1. The first-order chi connectivity index (χ1) is 13.7. The summed E-state index contributed by atoms with van der Waals surface area (Å²) in [5.41, 5.74) is 3.45. The van der Waals surface area contributed by atoms with E-state index in [2.05, 4.69) is 65.1 Å². The van der Waals surface area contributed by atoms with Gasteiger partial charge in [0, 0.05) is 28.6 Å². The molecule has 0 unspecified atom stereocenters. The number of nitrogens with zero attached hydrogens (tertiary/aromatic N) is 2. The van der Waals surface area contributed by atoms with Gasteiger partial charge in [0.25, 0.3) is 0 Å². The molecule has 3 aromatic rings. The van der Waals surface area contributed by atoms with Gasteiger partial charge in [0.05, 0.1) is 22.7 Å². The fourth-order valence-corrected chi connectivity index (χ4v) is 4.76. The molecule has 150 valence electrons. The van der Waals surface area contributed by atoms with Gasteiger partial charge in [0.2, 0.25) is 5.52 Å². The molecule has 0 bridgehead atoms. The number of aliphatic hydroxyl groups is 1. The average Bonchev–Trinajstić information content (AvgIpc) is 3.06. The van der Waals surface area contributed by atoms with E-state index in [0.717, 1.165) is 33.4 Å². The second kappa shape index (κ2) is 9.81. The third-order valence-electron chi connectivity index (χ3n) is 4.83. The maximum Gasteiger partial charge on any atom is 0.214 e. The molecule has 0 spiro atoms. The first-order valence-electron chi connectivity index (χ1n) is 9.36. The predicted molar refractivity (Wildman–Crippen MR) is 119 cm³/mol. The van der Waals surface area contributed by atoms with Crippen molar-refractivity contribution in [3.63, 3.8) is 0 Å². The molecule has 0 saturated carbocycles. The number of rotatable bonds is 5. The highest BCUT2D eigenvalue weighted by Crippen LogP contribution is 2.45. The monoisotopic (exact) mass is 488 g/mol. The van der Waals surface area contributed by atoms with Crippen molar-refractivity contribution in [2.45, 2.75) is 18.4 Å². The number of β-amino-alcohol motifs (C(OH)–C–C–N with tert-alkyl or cyclic N) is 1. The zero-order valence-corrected chi connectivity index (χ0v) is 19.2. The highest BCUT2D eigenvalue weighted by molar-refractivity contribution is 8.03. The van der Waals surface area contributed by atoms with E-state index in [0.29, 0.717) is 6.54 Å². The summed E-state index contributed by atoms with van der Waals surface area (Å²) < 4.78 is 2.20. The number of aromatic nitrogens is 1. The number of pyridine rings is 1. The third-order valence-corrected chi connectivity index (χ3v) is 6.20. The molecule has 1 aliphatic rings. The average molecular weight is 490 g/mol. The number of halogens is 2. The largest absolute Gasteiger partial charge is 1.00 e. The summed E-state index contributed by atoms with van der Waals surface area (Å²) in [4.78, 5) is 3.39. The number of aliphatic hydroxyl groups excluding tert-OH is 1. The topological polar surface area (TPSA) is 27.4 Å². The van der Waals surface area contributed by atoms with Crippen LogP contribution in [0.15, 0.2) is 76.8 Å². The molecule has 2 aromatic carbocycles. The Morgan fingerprint density at radius 1 is 1.17 bits per heavy atom. The van der Waals surface area contributed by atoms with Crippen molar-refractivity contribution in [2.75, 3.05) is 18.1 Å². The summed E-state index contributed by atoms with van der Waals surface area (Å²) in [5, 5.41) is 12.5. The lowest BCUT2D eigenvalue weighted by Gasteiger charge is -2.18. The SMILES string of the molecule is CC[n+]1ccc(/C=C/C=C2\Sc3ccccc3N2CCO)c2ccc(Cl)cc21.[Br-]. The van der Waals surface area contributed by atoms with Gasteiger partial charge in [-0.1, -0.05) is 47.6 Å². The first kappa shape index (κ1) is 21.9. The van der Waals surface area contributed by atoms with Crippen LogP contribution in [0, 0.1) is 0 Å². The summed E-state index contributed by atoms with van der Waals surface area (Å²) in [6, 6.07) is 16.5. The van der Waals surface area contributed by atoms with E-state index >= 15 is 0 Å². The Labute approximate surface area is 191 Å². The van der Waals surface area contributed by atoms with Crippen LogP contribution < -0.4 is 26.4 Å². The number of para-hydroxylation sites is 1. The molecule has 2 heterocycles. The normalized spacial score (nSPS) is 14.6. The molecule has 0 aliphatic carbocycles. The van der Waals surface area contributed by atoms with Crippen molar-refractivity contribution < 1.29 is 26.7 Å². The van der Waals surface area contributed by atoms with Gasteiger partial charge in [-0.3, -0.25) is 0 Å².